The average Bonchev–Trinajstić information content (AvgIpc) is 2.32. The van der Waals surface area contributed by atoms with E-state index in [1.165, 1.54) is 12.8 Å². The normalized spacial score (nSPS) is 35.9. The molecule has 0 aliphatic carbocycles. The van der Waals surface area contributed by atoms with Crippen LogP contribution < -0.4 is 0 Å². The van der Waals surface area contributed by atoms with E-state index < -0.39 is 10.4 Å². The van der Waals surface area contributed by atoms with E-state index >= 15 is 0 Å². The lowest BCUT2D eigenvalue weighted by Gasteiger charge is -2.33. The Hall–Kier alpha value is -0.210. The van der Waals surface area contributed by atoms with Gasteiger partial charge < -0.3 is 10.0 Å². The summed E-state index contributed by atoms with van der Waals surface area (Å²) in [6.07, 6.45) is 4.62. The van der Waals surface area contributed by atoms with Crippen molar-refractivity contribution in [2.45, 2.75) is 43.9 Å². The number of hydrogen-bond acceptors (Lipinski definition) is 4. The average molecular weight is 239 g/mol. The van der Waals surface area contributed by atoms with Gasteiger partial charge in [0.1, 0.15) is 0 Å². The van der Waals surface area contributed by atoms with Crippen LogP contribution in [0.4, 0.5) is 0 Å². The molecule has 0 aromatic carbocycles. The van der Waals surface area contributed by atoms with Crippen LogP contribution in [0.5, 0.6) is 0 Å². The van der Waals surface area contributed by atoms with Crippen molar-refractivity contribution in [2.24, 2.45) is 0 Å². The van der Waals surface area contributed by atoms with Crippen LogP contribution in [-0.2, 0) is 10.4 Å². The first kappa shape index (κ1) is 12.9. The van der Waals surface area contributed by atoms with Gasteiger partial charge in [0.2, 0.25) is 0 Å². The molecule has 2 bridgehead atoms. The highest BCUT2D eigenvalue weighted by molar-refractivity contribution is 7.79. The van der Waals surface area contributed by atoms with E-state index in [0.29, 0.717) is 12.1 Å². The molecule has 6 nitrogen and oxygen atoms in total. The smallest absolute Gasteiger partial charge is 0.393 e. The molecular formula is C8H17NO5S. The lowest BCUT2D eigenvalue weighted by atomic mass is 10.0. The van der Waals surface area contributed by atoms with Gasteiger partial charge in [-0.05, 0) is 32.7 Å². The van der Waals surface area contributed by atoms with Gasteiger partial charge in [-0.2, -0.15) is 8.42 Å². The molecular weight excluding hydrogens is 222 g/mol. The summed E-state index contributed by atoms with van der Waals surface area (Å²) >= 11 is 0. The quantitative estimate of drug-likeness (QED) is 0.513. The molecule has 0 spiro atoms. The van der Waals surface area contributed by atoms with E-state index in [0.717, 1.165) is 12.8 Å². The molecule has 0 radical (unpaired) electrons. The first-order chi connectivity index (χ1) is 6.77. The van der Waals surface area contributed by atoms with Crippen LogP contribution in [0.15, 0.2) is 0 Å². The summed E-state index contributed by atoms with van der Waals surface area (Å²) in [7, 11) is -2.48. The largest absolute Gasteiger partial charge is 0.394 e. The van der Waals surface area contributed by atoms with Crippen molar-refractivity contribution in [1.82, 2.24) is 4.90 Å². The number of piperidine rings is 1. The molecule has 2 fully saturated rings. The van der Waals surface area contributed by atoms with Crippen molar-refractivity contribution in [3.63, 3.8) is 0 Å². The Morgan fingerprint density at radius 2 is 1.47 bits per heavy atom. The third-order valence-electron chi connectivity index (χ3n) is 3.07. The minimum atomic E-state index is -4.67. The molecule has 3 N–H and O–H groups in total. The lowest BCUT2D eigenvalue weighted by Crippen LogP contribution is -2.41. The van der Waals surface area contributed by atoms with Gasteiger partial charge in [0.15, 0.2) is 0 Å². The van der Waals surface area contributed by atoms with Crippen molar-refractivity contribution in [3.05, 3.63) is 0 Å². The fourth-order valence-corrected chi connectivity index (χ4v) is 2.38. The van der Waals surface area contributed by atoms with Crippen LogP contribution in [0.1, 0.15) is 25.7 Å². The fraction of sp³-hybridized carbons (Fsp3) is 1.00. The predicted molar refractivity (Wildman–Crippen MR) is 54.0 cm³/mol. The van der Waals surface area contributed by atoms with Crippen LogP contribution in [0.3, 0.4) is 0 Å². The Kier molecular flexibility index (Phi) is 4.07. The van der Waals surface area contributed by atoms with E-state index in [1.54, 1.807) is 0 Å². The molecule has 2 aliphatic rings. The molecule has 2 heterocycles. The second-order valence-corrected chi connectivity index (χ2v) is 5.02. The lowest BCUT2D eigenvalue weighted by molar-refractivity contribution is 0.0503. The Labute approximate surface area is 89.5 Å². The summed E-state index contributed by atoms with van der Waals surface area (Å²) in [6.45, 7) is 0. The zero-order chi connectivity index (χ0) is 11.6. The number of nitrogens with zero attached hydrogens (tertiary/aromatic N) is 1. The van der Waals surface area contributed by atoms with E-state index in [9.17, 15) is 5.11 Å². The Bertz CT molecular complexity index is 282. The topological polar surface area (TPSA) is 98.1 Å². The van der Waals surface area contributed by atoms with Crippen molar-refractivity contribution in [3.8, 4) is 0 Å². The summed E-state index contributed by atoms with van der Waals surface area (Å²) < 4.78 is 31.6. The zero-order valence-corrected chi connectivity index (χ0v) is 9.39. The Balaban J connectivity index is 0.000000195. The molecule has 2 saturated heterocycles. The highest BCUT2D eigenvalue weighted by atomic mass is 32.3. The molecule has 3 atom stereocenters. The first-order valence-corrected chi connectivity index (χ1v) is 6.27. The van der Waals surface area contributed by atoms with Gasteiger partial charge in [0.25, 0.3) is 0 Å². The van der Waals surface area contributed by atoms with Gasteiger partial charge in [-0.25, -0.2) is 0 Å². The highest BCUT2D eigenvalue weighted by Crippen LogP contribution is 2.33. The molecule has 90 valence electrons. The van der Waals surface area contributed by atoms with Gasteiger partial charge in [-0.1, -0.05) is 0 Å². The van der Waals surface area contributed by atoms with Gasteiger partial charge in [-0.15, -0.1) is 0 Å². The maximum absolute atomic E-state index is 9.38. The zero-order valence-electron chi connectivity index (χ0n) is 8.57. The van der Waals surface area contributed by atoms with Gasteiger partial charge in [0.05, 0.1) is 6.10 Å². The van der Waals surface area contributed by atoms with Crippen LogP contribution in [0.2, 0.25) is 0 Å². The maximum Gasteiger partial charge on any atom is 0.394 e. The monoisotopic (exact) mass is 239 g/mol. The summed E-state index contributed by atoms with van der Waals surface area (Å²) in [5.74, 6) is 0. The van der Waals surface area contributed by atoms with Crippen LogP contribution >= 0.6 is 0 Å². The third kappa shape index (κ3) is 4.43. The molecule has 2 aliphatic heterocycles. The van der Waals surface area contributed by atoms with Gasteiger partial charge >= 0.3 is 10.4 Å². The minimum Gasteiger partial charge on any atom is -0.393 e. The Morgan fingerprint density at radius 1 is 1.13 bits per heavy atom. The van der Waals surface area contributed by atoms with Crippen molar-refractivity contribution < 1.29 is 22.6 Å². The van der Waals surface area contributed by atoms with E-state index in [-0.39, 0.29) is 6.10 Å². The fourth-order valence-electron chi connectivity index (χ4n) is 2.38. The summed E-state index contributed by atoms with van der Waals surface area (Å²) in [5.41, 5.74) is 0. The second kappa shape index (κ2) is 4.75. The molecule has 7 heteroatoms. The maximum atomic E-state index is 9.38. The van der Waals surface area contributed by atoms with Crippen LogP contribution in [0, 0.1) is 0 Å². The second-order valence-electron chi connectivity index (χ2n) is 4.12. The minimum absolute atomic E-state index is 0.00583. The molecule has 15 heavy (non-hydrogen) atoms. The number of fused-ring (bicyclic) bond motifs is 2. The van der Waals surface area contributed by atoms with E-state index in [1.807, 2.05) is 0 Å². The predicted octanol–water partition coefficient (Wildman–Crippen LogP) is -0.0489. The molecule has 2 rings (SSSR count). The van der Waals surface area contributed by atoms with E-state index in [2.05, 4.69) is 11.9 Å². The highest BCUT2D eigenvalue weighted by Gasteiger charge is 2.37. The summed E-state index contributed by atoms with van der Waals surface area (Å²) in [5, 5.41) is 9.38. The molecule has 0 amide bonds. The SMILES string of the molecule is CN1[C@@H]2CC[C@H]1CC(O)C2.O=S(=O)(O)O. The Morgan fingerprint density at radius 3 is 1.80 bits per heavy atom. The third-order valence-corrected chi connectivity index (χ3v) is 3.07. The van der Waals surface area contributed by atoms with Gasteiger partial charge in [0, 0.05) is 12.1 Å². The number of aliphatic hydroxyl groups excluding tert-OH is 1. The molecule has 0 aromatic heterocycles. The number of rotatable bonds is 0. The van der Waals surface area contributed by atoms with Crippen LogP contribution in [-0.4, -0.2) is 52.8 Å². The number of aliphatic hydroxyl groups is 1. The molecule has 0 aromatic rings. The standard InChI is InChI=1S/C8H15NO.H2O4S/c1-9-6-2-3-7(9)5-8(10)4-6;1-5(2,3)4/h6-8,10H,2-5H2,1H3;(H2,1,2,3,4)/t6-,7+,8?;. The first-order valence-electron chi connectivity index (χ1n) is 4.87. The van der Waals surface area contributed by atoms with Crippen molar-refractivity contribution in [2.75, 3.05) is 7.05 Å². The van der Waals surface area contributed by atoms with E-state index in [4.69, 9.17) is 17.5 Å². The summed E-state index contributed by atoms with van der Waals surface area (Å²) in [4.78, 5) is 2.44. The van der Waals surface area contributed by atoms with Crippen molar-refractivity contribution >= 4 is 10.4 Å². The molecule has 0 saturated carbocycles. The van der Waals surface area contributed by atoms with Crippen LogP contribution in [0.25, 0.3) is 0 Å². The summed E-state index contributed by atoms with van der Waals surface area (Å²) in [6, 6.07) is 1.38. The number of hydrogen-bond donors (Lipinski definition) is 3. The molecule has 1 unspecified atom stereocenters. The van der Waals surface area contributed by atoms with Crippen molar-refractivity contribution in [1.29, 1.82) is 0 Å². The van der Waals surface area contributed by atoms with Gasteiger partial charge in [-0.3, -0.25) is 9.11 Å².